The van der Waals surface area contributed by atoms with E-state index < -0.39 is 11.7 Å². The predicted octanol–water partition coefficient (Wildman–Crippen LogP) is 2.40. The molecule has 1 aromatic carbocycles. The zero-order valence-electron chi connectivity index (χ0n) is 13.0. The van der Waals surface area contributed by atoms with E-state index >= 15 is 0 Å². The first-order valence-electron chi connectivity index (χ1n) is 7.43. The molecule has 0 bridgehead atoms. The Morgan fingerprint density at radius 3 is 2.38 bits per heavy atom. The summed E-state index contributed by atoms with van der Waals surface area (Å²) < 4.78 is 0.989. The molecule has 1 atom stereocenters. The summed E-state index contributed by atoms with van der Waals surface area (Å²) in [5.41, 5.74) is 1.42. The first-order valence-corrected chi connectivity index (χ1v) is 8.23. The number of nitrogens with zero attached hydrogens (tertiary/aromatic N) is 2. The molecule has 0 saturated carbocycles. The van der Waals surface area contributed by atoms with Gasteiger partial charge in [0.1, 0.15) is 0 Å². The average molecular weight is 357 g/mol. The number of hydrogen-bond acceptors (Lipinski definition) is 4. The van der Waals surface area contributed by atoms with Crippen LogP contribution in [0.25, 0.3) is 0 Å². The molecule has 1 aliphatic heterocycles. The minimum atomic E-state index is -0.648. The number of halogens is 1. The smallest absolute Gasteiger partial charge is 0.0782 e. The van der Waals surface area contributed by atoms with Crippen LogP contribution in [-0.2, 0) is 0 Å². The maximum Gasteiger partial charge on any atom is 0.0782 e. The summed E-state index contributed by atoms with van der Waals surface area (Å²) in [6, 6.07) is 6.07. The topological polar surface area (TPSA) is 46.9 Å². The largest absolute Gasteiger partial charge is 0.389 e. The molecule has 0 amide bonds. The maximum absolute atomic E-state index is 9.97. The molecule has 4 nitrogen and oxygen atoms in total. The third-order valence-electron chi connectivity index (χ3n) is 3.76. The van der Waals surface area contributed by atoms with Gasteiger partial charge in [0.05, 0.1) is 11.7 Å². The van der Waals surface area contributed by atoms with Gasteiger partial charge in [0.2, 0.25) is 0 Å². The van der Waals surface area contributed by atoms with Gasteiger partial charge in [-0.25, -0.2) is 0 Å². The van der Waals surface area contributed by atoms with E-state index in [-0.39, 0.29) is 0 Å². The van der Waals surface area contributed by atoms with E-state index in [0.29, 0.717) is 6.54 Å². The fraction of sp³-hybridized carbons (Fsp3) is 0.625. The van der Waals surface area contributed by atoms with Gasteiger partial charge in [0.15, 0.2) is 0 Å². The van der Waals surface area contributed by atoms with Crippen molar-refractivity contribution in [2.75, 3.05) is 37.6 Å². The van der Waals surface area contributed by atoms with Gasteiger partial charge in [-0.1, -0.05) is 15.9 Å². The van der Waals surface area contributed by atoms with Crippen LogP contribution in [0.15, 0.2) is 22.7 Å². The summed E-state index contributed by atoms with van der Waals surface area (Å²) in [7, 11) is 0. The predicted molar refractivity (Wildman–Crippen MR) is 89.7 cm³/mol. The number of aliphatic hydroxyl groups excluding tert-OH is 1. The van der Waals surface area contributed by atoms with E-state index in [0.717, 1.165) is 41.9 Å². The summed E-state index contributed by atoms with van der Waals surface area (Å²) in [6.07, 6.45) is -0.480. The van der Waals surface area contributed by atoms with Crippen molar-refractivity contribution in [3.05, 3.63) is 28.2 Å². The van der Waals surface area contributed by atoms with Crippen molar-refractivity contribution in [1.29, 1.82) is 0 Å². The summed E-state index contributed by atoms with van der Waals surface area (Å²) in [6.45, 7) is 9.88. The quantitative estimate of drug-likeness (QED) is 0.869. The molecule has 0 aromatic heterocycles. The lowest BCUT2D eigenvalue weighted by molar-refractivity contribution is 0.0345. The Balaban J connectivity index is 2.06. The van der Waals surface area contributed by atoms with E-state index in [1.807, 2.05) is 26.0 Å². The van der Waals surface area contributed by atoms with Crippen LogP contribution in [-0.4, -0.2) is 53.4 Å². The van der Waals surface area contributed by atoms with Crippen LogP contribution in [0, 0.1) is 0 Å². The Labute approximate surface area is 135 Å². The summed E-state index contributed by atoms with van der Waals surface area (Å²) >= 11 is 3.47. The second kappa shape index (κ2) is 6.65. The number of piperazine rings is 1. The Hall–Kier alpha value is -0.620. The Bertz CT molecular complexity index is 478. The van der Waals surface area contributed by atoms with Crippen molar-refractivity contribution in [2.24, 2.45) is 0 Å². The molecule has 1 heterocycles. The summed E-state index contributed by atoms with van der Waals surface area (Å²) in [5, 5.41) is 19.9. The minimum Gasteiger partial charge on any atom is -0.389 e. The van der Waals surface area contributed by atoms with Crippen molar-refractivity contribution in [3.63, 3.8) is 0 Å². The van der Waals surface area contributed by atoms with Crippen LogP contribution >= 0.6 is 15.9 Å². The second-order valence-electron chi connectivity index (χ2n) is 6.45. The number of aliphatic hydroxyl groups is 2. The standard InChI is InChI=1S/C16H25BrN2O2/c1-12(20)14-10-13(17)4-5-15(14)19-8-6-18(7-9-19)11-16(2,3)21/h4-5,10,12,20-21H,6-9,11H2,1-3H3. The van der Waals surface area contributed by atoms with E-state index in [1.54, 1.807) is 6.92 Å². The first-order chi connectivity index (χ1) is 9.76. The van der Waals surface area contributed by atoms with Gasteiger partial charge in [0.25, 0.3) is 0 Å². The molecule has 2 rings (SSSR count). The first kappa shape index (κ1) is 16.7. The van der Waals surface area contributed by atoms with Gasteiger partial charge < -0.3 is 15.1 Å². The van der Waals surface area contributed by atoms with Gasteiger partial charge in [-0.05, 0) is 39.0 Å². The molecule has 2 N–H and O–H groups in total. The van der Waals surface area contributed by atoms with Crippen molar-refractivity contribution in [2.45, 2.75) is 32.5 Å². The van der Waals surface area contributed by atoms with Gasteiger partial charge >= 0.3 is 0 Å². The van der Waals surface area contributed by atoms with E-state index in [9.17, 15) is 10.2 Å². The molecule has 0 spiro atoms. The van der Waals surface area contributed by atoms with Gasteiger partial charge in [-0.2, -0.15) is 0 Å². The molecule has 118 valence electrons. The normalized spacial score (nSPS) is 18.9. The van der Waals surface area contributed by atoms with Crippen LogP contribution in [0.3, 0.4) is 0 Å². The lowest BCUT2D eigenvalue weighted by atomic mass is 10.1. The fourth-order valence-electron chi connectivity index (χ4n) is 2.84. The average Bonchev–Trinajstić information content (AvgIpc) is 2.38. The van der Waals surface area contributed by atoms with E-state index in [1.165, 1.54) is 0 Å². The maximum atomic E-state index is 9.97. The highest BCUT2D eigenvalue weighted by atomic mass is 79.9. The summed E-state index contributed by atoms with van der Waals surface area (Å²) in [5.74, 6) is 0. The van der Waals surface area contributed by atoms with Crippen LogP contribution in [0.1, 0.15) is 32.4 Å². The molecule has 1 aromatic rings. The van der Waals surface area contributed by atoms with Crippen molar-refractivity contribution >= 4 is 21.6 Å². The van der Waals surface area contributed by atoms with Crippen molar-refractivity contribution < 1.29 is 10.2 Å². The molecular formula is C16H25BrN2O2. The van der Waals surface area contributed by atoms with Crippen molar-refractivity contribution in [1.82, 2.24) is 4.90 Å². The minimum absolute atomic E-state index is 0.480. The van der Waals surface area contributed by atoms with Crippen molar-refractivity contribution in [3.8, 4) is 0 Å². The highest BCUT2D eigenvalue weighted by Crippen LogP contribution is 2.30. The van der Waals surface area contributed by atoms with Crippen LogP contribution < -0.4 is 4.90 Å². The Morgan fingerprint density at radius 1 is 1.24 bits per heavy atom. The van der Waals surface area contributed by atoms with Crippen LogP contribution in [0.2, 0.25) is 0 Å². The zero-order valence-corrected chi connectivity index (χ0v) is 14.6. The molecular weight excluding hydrogens is 332 g/mol. The second-order valence-corrected chi connectivity index (χ2v) is 7.37. The molecule has 5 heteroatoms. The lowest BCUT2D eigenvalue weighted by Crippen LogP contribution is -2.50. The molecule has 0 aliphatic carbocycles. The zero-order chi connectivity index (χ0) is 15.6. The number of β-amino-alcohol motifs (C(OH)–C–C–N with tert-alkyl or cyclic N) is 1. The molecule has 1 fully saturated rings. The summed E-state index contributed by atoms with van der Waals surface area (Å²) in [4.78, 5) is 4.60. The number of anilines is 1. The molecule has 21 heavy (non-hydrogen) atoms. The monoisotopic (exact) mass is 356 g/mol. The van der Waals surface area contributed by atoms with Crippen LogP contribution in [0.5, 0.6) is 0 Å². The highest BCUT2D eigenvalue weighted by molar-refractivity contribution is 9.10. The highest BCUT2D eigenvalue weighted by Gasteiger charge is 2.24. The van der Waals surface area contributed by atoms with Gasteiger partial charge in [0, 0.05) is 48.4 Å². The van der Waals surface area contributed by atoms with Gasteiger partial charge in [-0.3, -0.25) is 4.90 Å². The van der Waals surface area contributed by atoms with E-state index in [2.05, 4.69) is 31.8 Å². The molecule has 0 radical (unpaired) electrons. The Morgan fingerprint density at radius 2 is 1.86 bits per heavy atom. The van der Waals surface area contributed by atoms with Gasteiger partial charge in [-0.15, -0.1) is 0 Å². The van der Waals surface area contributed by atoms with Crippen LogP contribution in [0.4, 0.5) is 5.69 Å². The SMILES string of the molecule is CC(O)c1cc(Br)ccc1N1CCN(CC(C)(C)O)CC1. The molecule has 1 aliphatic rings. The molecule has 1 unspecified atom stereocenters. The fourth-order valence-corrected chi connectivity index (χ4v) is 3.22. The lowest BCUT2D eigenvalue weighted by Gasteiger charge is -2.39. The third-order valence-corrected chi connectivity index (χ3v) is 4.26. The van der Waals surface area contributed by atoms with E-state index in [4.69, 9.17) is 0 Å². The number of hydrogen-bond donors (Lipinski definition) is 2. The molecule has 1 saturated heterocycles. The number of rotatable bonds is 4. The Kier molecular flexibility index (Phi) is 5.30. The number of benzene rings is 1. The third kappa shape index (κ3) is 4.68.